The summed E-state index contributed by atoms with van der Waals surface area (Å²) in [7, 11) is 0. The summed E-state index contributed by atoms with van der Waals surface area (Å²) in [6.45, 7) is 0.701. The molecule has 30 heavy (non-hydrogen) atoms. The van der Waals surface area contributed by atoms with Gasteiger partial charge in [-0.1, -0.05) is 54.6 Å². The first-order valence-corrected chi connectivity index (χ1v) is 10.1. The van der Waals surface area contributed by atoms with Gasteiger partial charge in [0.15, 0.2) is 0 Å². The van der Waals surface area contributed by atoms with Crippen LogP contribution in [0.4, 0.5) is 0 Å². The first-order chi connectivity index (χ1) is 14.6. The van der Waals surface area contributed by atoms with E-state index in [0.29, 0.717) is 13.0 Å². The van der Waals surface area contributed by atoms with Crippen LogP contribution in [0.2, 0.25) is 0 Å². The molecule has 1 heterocycles. The van der Waals surface area contributed by atoms with E-state index in [4.69, 9.17) is 0 Å². The molecule has 5 nitrogen and oxygen atoms in total. The SMILES string of the molecule is O=C(CCCN1C(=O)C=CC1=O)NCc1ccc2ccc3cccc4ccc1c2c34. The van der Waals surface area contributed by atoms with E-state index >= 15 is 0 Å². The Bertz CT molecular complexity index is 1300. The molecule has 0 atom stereocenters. The molecule has 0 radical (unpaired) electrons. The summed E-state index contributed by atoms with van der Waals surface area (Å²) in [5, 5.41) is 10.2. The van der Waals surface area contributed by atoms with E-state index in [1.807, 2.05) is 0 Å². The summed E-state index contributed by atoms with van der Waals surface area (Å²) in [5.74, 6) is -0.712. The standard InChI is InChI=1S/C25H20N2O3/c28-21(5-2-14-27-22(29)12-13-23(27)30)26-15-19-9-8-18-7-6-16-3-1-4-17-10-11-20(19)25(18)24(16)17/h1,3-4,6-13H,2,5,14-15H2,(H,26,28). The Morgan fingerprint density at radius 2 is 1.43 bits per heavy atom. The molecule has 0 saturated heterocycles. The van der Waals surface area contributed by atoms with Crippen molar-refractivity contribution in [2.45, 2.75) is 19.4 Å². The summed E-state index contributed by atoms with van der Waals surface area (Å²) < 4.78 is 0. The number of carbonyl (C=O) groups excluding carboxylic acids is 3. The molecule has 1 aliphatic heterocycles. The van der Waals surface area contributed by atoms with Gasteiger partial charge in [-0.3, -0.25) is 19.3 Å². The highest BCUT2D eigenvalue weighted by molar-refractivity contribution is 6.23. The van der Waals surface area contributed by atoms with Crippen LogP contribution in [0.15, 0.2) is 66.7 Å². The fourth-order valence-electron chi connectivity index (χ4n) is 4.28. The predicted molar refractivity (Wildman–Crippen MR) is 117 cm³/mol. The lowest BCUT2D eigenvalue weighted by Gasteiger charge is -2.15. The molecular weight excluding hydrogens is 376 g/mol. The predicted octanol–water partition coefficient (Wildman–Crippen LogP) is 3.91. The number of imide groups is 1. The van der Waals surface area contributed by atoms with Gasteiger partial charge in [0.1, 0.15) is 0 Å². The van der Waals surface area contributed by atoms with E-state index in [2.05, 4.69) is 59.9 Å². The number of hydrogen-bond acceptors (Lipinski definition) is 3. The van der Waals surface area contributed by atoms with Crippen molar-refractivity contribution in [2.24, 2.45) is 0 Å². The van der Waals surface area contributed by atoms with E-state index in [0.717, 1.165) is 15.8 Å². The molecule has 4 aromatic rings. The molecule has 0 unspecified atom stereocenters. The molecule has 1 aliphatic rings. The minimum atomic E-state index is -0.311. The molecule has 5 rings (SSSR count). The van der Waals surface area contributed by atoms with Gasteiger partial charge in [-0.2, -0.15) is 0 Å². The van der Waals surface area contributed by atoms with Gasteiger partial charge in [0.25, 0.3) is 11.8 Å². The number of carbonyl (C=O) groups is 3. The van der Waals surface area contributed by atoms with Gasteiger partial charge >= 0.3 is 0 Å². The third kappa shape index (κ3) is 3.08. The topological polar surface area (TPSA) is 66.5 Å². The number of nitrogens with one attached hydrogen (secondary N) is 1. The highest BCUT2D eigenvalue weighted by atomic mass is 16.2. The maximum absolute atomic E-state index is 12.3. The molecule has 1 N–H and O–H groups in total. The molecule has 3 amide bonds. The average molecular weight is 396 g/mol. The molecule has 0 aliphatic carbocycles. The van der Waals surface area contributed by atoms with Crippen LogP contribution in [-0.2, 0) is 20.9 Å². The summed E-state index contributed by atoms with van der Waals surface area (Å²) in [5.41, 5.74) is 1.07. The number of nitrogens with zero attached hydrogens (tertiary/aromatic N) is 1. The van der Waals surface area contributed by atoms with Gasteiger partial charge in [0.2, 0.25) is 5.91 Å². The Labute approximate surface area is 173 Å². The van der Waals surface area contributed by atoms with Gasteiger partial charge in [-0.25, -0.2) is 0 Å². The van der Waals surface area contributed by atoms with Gasteiger partial charge in [0, 0.05) is 31.7 Å². The molecular formula is C25H20N2O3. The van der Waals surface area contributed by atoms with Crippen LogP contribution in [-0.4, -0.2) is 29.2 Å². The van der Waals surface area contributed by atoms with Crippen molar-refractivity contribution < 1.29 is 14.4 Å². The minimum absolute atomic E-state index is 0.0900. The van der Waals surface area contributed by atoms with Crippen LogP contribution in [0.25, 0.3) is 32.3 Å². The Morgan fingerprint density at radius 3 is 2.17 bits per heavy atom. The van der Waals surface area contributed by atoms with Gasteiger partial charge in [-0.05, 0) is 44.3 Å². The zero-order chi connectivity index (χ0) is 20.7. The fraction of sp³-hybridized carbons (Fsp3) is 0.160. The van der Waals surface area contributed by atoms with Crippen LogP contribution in [0.5, 0.6) is 0 Å². The maximum atomic E-state index is 12.3. The fourth-order valence-corrected chi connectivity index (χ4v) is 4.28. The van der Waals surface area contributed by atoms with E-state index in [-0.39, 0.29) is 30.7 Å². The lowest BCUT2D eigenvalue weighted by atomic mass is 9.92. The highest BCUT2D eigenvalue weighted by Crippen LogP contribution is 2.35. The zero-order valence-corrected chi connectivity index (χ0v) is 16.4. The van der Waals surface area contributed by atoms with Crippen LogP contribution in [0.3, 0.4) is 0 Å². The lowest BCUT2D eigenvalue weighted by molar-refractivity contribution is -0.137. The van der Waals surface area contributed by atoms with Crippen molar-refractivity contribution in [1.29, 1.82) is 0 Å². The molecule has 5 heteroatoms. The van der Waals surface area contributed by atoms with Crippen molar-refractivity contribution in [3.05, 3.63) is 72.3 Å². The minimum Gasteiger partial charge on any atom is -0.352 e. The van der Waals surface area contributed by atoms with Crippen molar-refractivity contribution in [3.8, 4) is 0 Å². The molecule has 0 aromatic heterocycles. The summed E-state index contributed by atoms with van der Waals surface area (Å²) in [6.07, 6.45) is 3.24. The molecule has 4 aromatic carbocycles. The lowest BCUT2D eigenvalue weighted by Crippen LogP contribution is -2.32. The van der Waals surface area contributed by atoms with Crippen LogP contribution < -0.4 is 5.32 Å². The van der Waals surface area contributed by atoms with Gasteiger partial charge in [-0.15, -0.1) is 0 Å². The zero-order valence-electron chi connectivity index (χ0n) is 16.4. The first-order valence-electron chi connectivity index (χ1n) is 10.1. The number of hydrogen-bond donors (Lipinski definition) is 1. The Hall–Kier alpha value is -3.73. The normalized spacial score (nSPS) is 13.9. The van der Waals surface area contributed by atoms with E-state index in [9.17, 15) is 14.4 Å². The number of rotatable bonds is 6. The van der Waals surface area contributed by atoms with Gasteiger partial charge < -0.3 is 5.32 Å². The Morgan fingerprint density at radius 1 is 0.800 bits per heavy atom. The molecule has 0 saturated carbocycles. The van der Waals surface area contributed by atoms with Crippen LogP contribution in [0.1, 0.15) is 18.4 Å². The van der Waals surface area contributed by atoms with Crippen molar-refractivity contribution in [3.63, 3.8) is 0 Å². The van der Waals surface area contributed by atoms with Crippen molar-refractivity contribution >= 4 is 50.0 Å². The largest absolute Gasteiger partial charge is 0.352 e. The quantitative estimate of drug-likeness (QED) is 0.397. The van der Waals surface area contributed by atoms with Crippen LogP contribution in [0, 0.1) is 0 Å². The first kappa shape index (κ1) is 18.3. The van der Waals surface area contributed by atoms with E-state index < -0.39 is 0 Å². The number of amides is 3. The molecule has 148 valence electrons. The average Bonchev–Trinajstić information content (AvgIpc) is 3.08. The third-order valence-corrected chi connectivity index (χ3v) is 5.78. The summed E-state index contributed by atoms with van der Waals surface area (Å²) >= 11 is 0. The van der Waals surface area contributed by atoms with E-state index in [1.54, 1.807) is 0 Å². The molecule has 0 spiro atoms. The van der Waals surface area contributed by atoms with Crippen molar-refractivity contribution in [2.75, 3.05) is 6.54 Å². The van der Waals surface area contributed by atoms with Crippen LogP contribution >= 0.6 is 0 Å². The number of benzene rings is 4. The summed E-state index contributed by atoms with van der Waals surface area (Å²) in [6, 6.07) is 19.0. The Kier molecular flexibility index (Phi) is 4.43. The second-order valence-corrected chi connectivity index (χ2v) is 7.62. The smallest absolute Gasteiger partial charge is 0.253 e. The highest BCUT2D eigenvalue weighted by Gasteiger charge is 2.22. The van der Waals surface area contributed by atoms with E-state index in [1.165, 1.54) is 39.1 Å². The molecule has 0 bridgehead atoms. The molecule has 0 fully saturated rings. The maximum Gasteiger partial charge on any atom is 0.253 e. The Balaban J connectivity index is 1.30. The van der Waals surface area contributed by atoms with Crippen molar-refractivity contribution in [1.82, 2.24) is 10.2 Å². The third-order valence-electron chi connectivity index (χ3n) is 5.78. The van der Waals surface area contributed by atoms with Gasteiger partial charge in [0.05, 0.1) is 0 Å². The monoisotopic (exact) mass is 396 g/mol. The second-order valence-electron chi connectivity index (χ2n) is 7.62. The second kappa shape index (κ2) is 7.26. The summed E-state index contributed by atoms with van der Waals surface area (Å²) in [4.78, 5) is 36.6.